The van der Waals surface area contributed by atoms with E-state index < -0.39 is 0 Å². The summed E-state index contributed by atoms with van der Waals surface area (Å²) in [4.78, 5) is 34.2. The van der Waals surface area contributed by atoms with E-state index in [1.54, 1.807) is 43.5 Å². The summed E-state index contributed by atoms with van der Waals surface area (Å²) in [6.07, 6.45) is 2.86. The van der Waals surface area contributed by atoms with Crippen molar-refractivity contribution in [1.82, 2.24) is 14.8 Å². The number of anilines is 1. The quantitative estimate of drug-likeness (QED) is 0.413. The monoisotopic (exact) mass is 558 g/mol. The number of amides is 2. The third-order valence-corrected chi connectivity index (χ3v) is 7.64. The van der Waals surface area contributed by atoms with E-state index in [-0.39, 0.29) is 29.9 Å². The van der Waals surface area contributed by atoms with E-state index in [2.05, 4.69) is 53.3 Å². The number of nitrogens with one attached hydrogen (secondary N) is 1. The number of methoxy groups -OCH3 is 1. The highest BCUT2D eigenvalue weighted by Crippen LogP contribution is 2.27. The number of pyridine rings is 1. The summed E-state index contributed by atoms with van der Waals surface area (Å²) < 4.78 is 12.2. The molecule has 0 bridgehead atoms. The lowest BCUT2D eigenvalue weighted by Crippen LogP contribution is -2.46. The number of aromatic nitrogens is 1. The zero-order chi connectivity index (χ0) is 29.4. The Kier molecular flexibility index (Phi) is 10.5. The smallest absolute Gasteiger partial charge is 0.257 e. The molecule has 0 aliphatic carbocycles. The lowest BCUT2D eigenvalue weighted by molar-refractivity contribution is -0.116. The molecule has 8 nitrogen and oxygen atoms in total. The van der Waals surface area contributed by atoms with Crippen molar-refractivity contribution >= 4 is 17.5 Å². The summed E-state index contributed by atoms with van der Waals surface area (Å²) in [6, 6.07) is 19.7. The van der Waals surface area contributed by atoms with Crippen LogP contribution < -0.4 is 10.1 Å². The Labute approximate surface area is 243 Å². The van der Waals surface area contributed by atoms with Crippen molar-refractivity contribution in [2.24, 2.45) is 5.92 Å². The molecule has 2 amide bonds. The summed E-state index contributed by atoms with van der Waals surface area (Å²) >= 11 is 0. The van der Waals surface area contributed by atoms with Crippen LogP contribution in [0, 0.1) is 5.92 Å². The number of hydrogen-bond acceptors (Lipinski definition) is 6. The summed E-state index contributed by atoms with van der Waals surface area (Å²) in [7, 11) is 3.49. The van der Waals surface area contributed by atoms with E-state index in [0.717, 1.165) is 30.8 Å². The summed E-state index contributed by atoms with van der Waals surface area (Å²) in [5.74, 6) is 0.430. The molecule has 3 atom stereocenters. The Morgan fingerprint density at radius 2 is 1.88 bits per heavy atom. The van der Waals surface area contributed by atoms with Crippen LogP contribution in [0.15, 0.2) is 66.9 Å². The average Bonchev–Trinajstić information content (AvgIpc) is 2.98. The number of nitrogens with zero attached hydrogens (tertiary/aromatic N) is 3. The molecule has 2 aromatic carbocycles. The third-order valence-electron chi connectivity index (χ3n) is 7.64. The minimum atomic E-state index is -0.140. The van der Waals surface area contributed by atoms with Gasteiger partial charge < -0.3 is 19.7 Å². The predicted octanol–water partition coefficient (Wildman–Crippen LogP) is 5.49. The molecule has 4 rings (SSSR count). The number of ether oxygens (including phenoxy) is 2. The normalized spacial score (nSPS) is 20.4. The second-order valence-corrected chi connectivity index (χ2v) is 10.9. The van der Waals surface area contributed by atoms with E-state index in [0.29, 0.717) is 36.6 Å². The van der Waals surface area contributed by atoms with E-state index in [4.69, 9.17) is 9.47 Å². The molecule has 1 aromatic heterocycles. The van der Waals surface area contributed by atoms with Gasteiger partial charge in [-0.2, -0.15) is 0 Å². The van der Waals surface area contributed by atoms with Crippen LogP contribution in [0.5, 0.6) is 5.75 Å². The van der Waals surface area contributed by atoms with Gasteiger partial charge in [-0.3, -0.25) is 19.5 Å². The number of carbonyl (C=O) groups excluding carboxylic acids is 2. The van der Waals surface area contributed by atoms with Gasteiger partial charge in [0.05, 0.1) is 17.4 Å². The Morgan fingerprint density at radius 1 is 1.10 bits per heavy atom. The van der Waals surface area contributed by atoms with Gasteiger partial charge in [0.15, 0.2) is 0 Å². The molecular weight excluding hydrogens is 516 g/mol. The van der Waals surface area contributed by atoms with Gasteiger partial charge in [-0.1, -0.05) is 44.2 Å². The standard InChI is InChI=1S/C33H42N4O4/c1-6-9-32(38)35-27-15-16-28-30(18-27)41-22-24(3)37(19-23(2)31(40-5)21-36(4)33(28)39)20-25-11-13-26(14-12-25)29-10-7-8-17-34-29/h7-8,10-18,23-24,31H,6,9,19-22H2,1-5H3,(H,35,38)/t23-,24+,31-/m1/s1. The minimum Gasteiger partial charge on any atom is -0.491 e. The van der Waals surface area contributed by atoms with Crippen molar-refractivity contribution in [3.05, 3.63) is 78.0 Å². The van der Waals surface area contributed by atoms with Gasteiger partial charge in [0.2, 0.25) is 5.91 Å². The van der Waals surface area contributed by atoms with Crippen molar-refractivity contribution in [2.45, 2.75) is 52.3 Å². The Morgan fingerprint density at radius 3 is 2.56 bits per heavy atom. The van der Waals surface area contributed by atoms with Crippen molar-refractivity contribution in [2.75, 3.05) is 39.2 Å². The highest BCUT2D eigenvalue weighted by atomic mass is 16.5. The van der Waals surface area contributed by atoms with Crippen molar-refractivity contribution in [1.29, 1.82) is 0 Å². The fourth-order valence-electron chi connectivity index (χ4n) is 5.14. The molecule has 1 N–H and O–H groups in total. The molecule has 1 aliphatic rings. The Hall–Kier alpha value is -3.75. The van der Waals surface area contributed by atoms with Crippen LogP contribution in [0.1, 0.15) is 49.5 Å². The van der Waals surface area contributed by atoms with Crippen molar-refractivity contribution < 1.29 is 19.1 Å². The Balaban J connectivity index is 1.59. The fourth-order valence-corrected chi connectivity index (χ4v) is 5.14. The zero-order valence-corrected chi connectivity index (χ0v) is 24.8. The van der Waals surface area contributed by atoms with Crippen LogP contribution in [-0.2, 0) is 16.1 Å². The molecule has 0 fully saturated rings. The van der Waals surface area contributed by atoms with Gasteiger partial charge >= 0.3 is 0 Å². The Bertz CT molecular complexity index is 1300. The van der Waals surface area contributed by atoms with Gasteiger partial charge in [-0.15, -0.1) is 0 Å². The lowest BCUT2D eigenvalue weighted by atomic mass is 10.0. The topological polar surface area (TPSA) is 84.0 Å². The van der Waals surface area contributed by atoms with Crippen molar-refractivity contribution in [3.8, 4) is 17.0 Å². The van der Waals surface area contributed by atoms with E-state index in [9.17, 15) is 9.59 Å². The number of carbonyl (C=O) groups is 2. The molecule has 3 aromatic rings. The molecule has 1 aliphatic heterocycles. The molecule has 0 radical (unpaired) electrons. The molecule has 0 saturated carbocycles. The first-order valence-corrected chi connectivity index (χ1v) is 14.4. The molecule has 2 heterocycles. The van der Waals surface area contributed by atoms with E-state index in [1.165, 1.54) is 5.56 Å². The third kappa shape index (κ3) is 7.93. The van der Waals surface area contributed by atoms with Crippen LogP contribution >= 0.6 is 0 Å². The maximum Gasteiger partial charge on any atom is 0.257 e. The van der Waals surface area contributed by atoms with Gasteiger partial charge in [0.25, 0.3) is 5.91 Å². The van der Waals surface area contributed by atoms with Gasteiger partial charge in [0.1, 0.15) is 12.4 Å². The van der Waals surface area contributed by atoms with Crippen LogP contribution in [0.25, 0.3) is 11.3 Å². The minimum absolute atomic E-state index is 0.0452. The van der Waals surface area contributed by atoms with E-state index >= 15 is 0 Å². The summed E-state index contributed by atoms with van der Waals surface area (Å²) in [6.45, 7) is 8.62. The second-order valence-electron chi connectivity index (χ2n) is 10.9. The molecule has 0 spiro atoms. The van der Waals surface area contributed by atoms with E-state index in [1.807, 2.05) is 25.1 Å². The largest absolute Gasteiger partial charge is 0.491 e. The maximum absolute atomic E-state index is 13.5. The maximum atomic E-state index is 13.5. The van der Waals surface area contributed by atoms with Crippen molar-refractivity contribution in [3.63, 3.8) is 0 Å². The molecule has 218 valence electrons. The van der Waals surface area contributed by atoms with Crippen LogP contribution in [0.4, 0.5) is 5.69 Å². The highest BCUT2D eigenvalue weighted by Gasteiger charge is 2.28. The summed E-state index contributed by atoms with van der Waals surface area (Å²) in [5, 5.41) is 2.92. The number of fused-ring (bicyclic) bond motifs is 1. The molecule has 0 unspecified atom stereocenters. The number of rotatable bonds is 7. The molecular formula is C33H42N4O4. The second kappa shape index (κ2) is 14.2. The van der Waals surface area contributed by atoms with Gasteiger partial charge in [-0.05, 0) is 49.1 Å². The SMILES string of the molecule is CCCC(=O)Nc1ccc2c(c1)OC[C@H](C)N(Cc1ccc(-c3ccccn3)cc1)C[C@@H](C)[C@H](OC)CN(C)C2=O. The van der Waals surface area contributed by atoms with Crippen LogP contribution in [0.3, 0.4) is 0 Å². The fraction of sp³-hybridized carbons (Fsp3) is 0.424. The lowest BCUT2D eigenvalue weighted by Gasteiger charge is -2.36. The zero-order valence-electron chi connectivity index (χ0n) is 24.8. The van der Waals surface area contributed by atoms with Crippen LogP contribution in [-0.4, -0.2) is 72.6 Å². The molecule has 0 saturated heterocycles. The van der Waals surface area contributed by atoms with Gasteiger partial charge in [-0.25, -0.2) is 0 Å². The highest BCUT2D eigenvalue weighted by molar-refractivity contribution is 5.98. The van der Waals surface area contributed by atoms with Crippen LogP contribution in [0.2, 0.25) is 0 Å². The first-order valence-electron chi connectivity index (χ1n) is 14.4. The average molecular weight is 559 g/mol. The van der Waals surface area contributed by atoms with Gasteiger partial charge in [0, 0.05) is 69.8 Å². The first-order chi connectivity index (χ1) is 19.8. The first kappa shape index (κ1) is 30.2. The number of hydrogen-bond donors (Lipinski definition) is 1. The molecule has 8 heteroatoms. The number of likely N-dealkylation sites (N-methyl/N-ethyl adjacent to an activating group) is 1. The predicted molar refractivity (Wildman–Crippen MR) is 162 cm³/mol. The summed E-state index contributed by atoms with van der Waals surface area (Å²) in [5.41, 5.74) is 4.31. The molecule has 41 heavy (non-hydrogen) atoms. The number of benzene rings is 2.